The van der Waals surface area contributed by atoms with Crippen LogP contribution in [0.1, 0.15) is 77.6 Å². The van der Waals surface area contributed by atoms with Crippen LogP contribution >= 0.6 is 11.3 Å². The Labute approximate surface area is 230 Å². The second-order valence-electron chi connectivity index (χ2n) is 13.8. The summed E-state index contributed by atoms with van der Waals surface area (Å²) in [5.74, 6) is 2.01. The molecule has 0 spiro atoms. The third kappa shape index (κ3) is 3.18. The van der Waals surface area contributed by atoms with Crippen molar-refractivity contribution in [1.29, 1.82) is 0 Å². The van der Waals surface area contributed by atoms with Crippen molar-refractivity contribution in [3.05, 3.63) is 89.0 Å². The van der Waals surface area contributed by atoms with Gasteiger partial charge < -0.3 is 4.74 Å². The van der Waals surface area contributed by atoms with Gasteiger partial charge in [-0.3, -0.25) is 0 Å². The van der Waals surface area contributed by atoms with Gasteiger partial charge in [-0.05, 0) is 79.0 Å². The first-order valence-corrected chi connectivity index (χ1v) is 14.6. The first-order chi connectivity index (χ1) is 17.9. The maximum absolute atomic E-state index is 6.75. The van der Waals surface area contributed by atoms with Gasteiger partial charge in [0.25, 0.3) is 6.71 Å². The van der Waals surface area contributed by atoms with Crippen molar-refractivity contribution >= 4 is 54.6 Å². The Hall–Kier alpha value is -3.04. The normalized spacial score (nSPS) is 15.7. The Morgan fingerprint density at radius 3 is 2.21 bits per heavy atom. The van der Waals surface area contributed by atoms with E-state index < -0.39 is 0 Å². The van der Waals surface area contributed by atoms with E-state index in [9.17, 15) is 0 Å². The number of hydrogen-bond donors (Lipinski definition) is 0. The summed E-state index contributed by atoms with van der Waals surface area (Å²) in [6.45, 7) is 18.9. The first-order valence-electron chi connectivity index (χ1n) is 13.8. The summed E-state index contributed by atoms with van der Waals surface area (Å²) in [6.07, 6.45) is 0. The minimum absolute atomic E-state index is 0.0242. The van der Waals surface area contributed by atoms with Crippen LogP contribution in [0.3, 0.4) is 0 Å². The van der Waals surface area contributed by atoms with Crippen LogP contribution in [0.4, 0.5) is 0 Å². The quantitative estimate of drug-likeness (QED) is 0.187. The summed E-state index contributed by atoms with van der Waals surface area (Å²) in [7, 11) is 0. The second kappa shape index (κ2) is 7.54. The fourth-order valence-electron chi connectivity index (χ4n) is 7.00. The van der Waals surface area contributed by atoms with Crippen molar-refractivity contribution in [2.75, 3.05) is 0 Å². The van der Waals surface area contributed by atoms with E-state index in [-0.39, 0.29) is 23.0 Å². The van der Waals surface area contributed by atoms with Gasteiger partial charge in [-0.1, -0.05) is 103 Å². The fraction of sp³-hybridized carbons (Fsp3) is 0.314. The van der Waals surface area contributed by atoms with Gasteiger partial charge in [0.05, 0.1) is 0 Å². The standard InChI is InChI=1S/C35H35BOS/c1-33(2,3)20-13-16-25-24(19-20)36-31-23(15-18-28-29(31)21-11-9-10-12-27(21)38-28)35(7,8)30-22(34(4,5)6)14-17-26(37-25)32(30)36/h9-19H,1-8H3. The van der Waals surface area contributed by atoms with E-state index in [0.29, 0.717) is 0 Å². The van der Waals surface area contributed by atoms with E-state index in [4.69, 9.17) is 4.74 Å². The topological polar surface area (TPSA) is 9.23 Å². The van der Waals surface area contributed by atoms with Crippen LogP contribution in [0.5, 0.6) is 11.5 Å². The molecule has 0 bridgehead atoms. The molecule has 4 aromatic carbocycles. The summed E-state index contributed by atoms with van der Waals surface area (Å²) in [6, 6.07) is 25.2. The van der Waals surface area contributed by atoms with E-state index in [0.717, 1.165) is 11.5 Å². The zero-order valence-corrected chi connectivity index (χ0v) is 24.6. The van der Waals surface area contributed by atoms with Crippen molar-refractivity contribution in [3.8, 4) is 11.5 Å². The summed E-state index contributed by atoms with van der Waals surface area (Å²) >= 11 is 1.92. The predicted molar refractivity (Wildman–Crippen MR) is 166 cm³/mol. The molecule has 0 aliphatic carbocycles. The van der Waals surface area contributed by atoms with Gasteiger partial charge in [-0.15, -0.1) is 11.3 Å². The van der Waals surface area contributed by atoms with Gasteiger partial charge in [0.2, 0.25) is 0 Å². The molecule has 3 heterocycles. The lowest BCUT2D eigenvalue weighted by molar-refractivity contribution is 0.480. The molecule has 0 N–H and O–H groups in total. The highest BCUT2D eigenvalue weighted by atomic mass is 32.1. The van der Waals surface area contributed by atoms with Crippen LogP contribution in [0, 0.1) is 0 Å². The van der Waals surface area contributed by atoms with E-state index in [1.165, 1.54) is 58.8 Å². The molecule has 0 amide bonds. The molecule has 38 heavy (non-hydrogen) atoms. The molecule has 0 radical (unpaired) electrons. The molecule has 2 aliphatic rings. The molecule has 1 nitrogen and oxygen atoms in total. The average molecular weight is 515 g/mol. The molecule has 1 aromatic heterocycles. The third-order valence-corrected chi connectivity index (χ3v) is 10.0. The van der Waals surface area contributed by atoms with E-state index in [1.807, 2.05) is 11.3 Å². The Morgan fingerprint density at radius 2 is 1.47 bits per heavy atom. The maximum atomic E-state index is 6.75. The van der Waals surface area contributed by atoms with Crippen molar-refractivity contribution < 1.29 is 4.74 Å². The molecule has 0 unspecified atom stereocenters. The van der Waals surface area contributed by atoms with Crippen molar-refractivity contribution in [2.45, 2.75) is 71.6 Å². The summed E-state index contributed by atoms with van der Waals surface area (Å²) < 4.78 is 9.48. The van der Waals surface area contributed by atoms with Crippen molar-refractivity contribution in [2.24, 2.45) is 0 Å². The molecule has 190 valence electrons. The zero-order valence-electron chi connectivity index (χ0n) is 23.7. The van der Waals surface area contributed by atoms with Crippen LogP contribution < -0.4 is 21.1 Å². The lowest BCUT2D eigenvalue weighted by Crippen LogP contribution is -2.63. The molecule has 3 heteroatoms. The second-order valence-corrected chi connectivity index (χ2v) is 14.9. The Bertz CT molecular complexity index is 1790. The summed E-state index contributed by atoms with van der Waals surface area (Å²) in [4.78, 5) is 0. The molecule has 5 aromatic rings. The van der Waals surface area contributed by atoms with E-state index in [1.54, 1.807) is 0 Å². The molecular formula is C35H35BOS. The maximum Gasteiger partial charge on any atom is 0.252 e. The number of thiophene rings is 1. The van der Waals surface area contributed by atoms with Crippen LogP contribution in [0.2, 0.25) is 0 Å². The number of fused-ring (bicyclic) bond motifs is 8. The SMILES string of the molecule is CC(C)(C)c1ccc2c(c1)B1c3c(ccc(C(C)(C)C)c3C(C)(C)c3ccc4sc5ccccc5c4c31)O2. The first kappa shape index (κ1) is 24.0. The summed E-state index contributed by atoms with van der Waals surface area (Å²) in [5, 5.41) is 2.80. The predicted octanol–water partition coefficient (Wildman–Crippen LogP) is 7.91. The monoisotopic (exact) mass is 514 g/mol. The molecule has 2 aliphatic heterocycles. The Balaban J connectivity index is 1.68. The van der Waals surface area contributed by atoms with Gasteiger partial charge in [-0.25, -0.2) is 0 Å². The van der Waals surface area contributed by atoms with Gasteiger partial charge in [0.1, 0.15) is 11.5 Å². The third-order valence-electron chi connectivity index (χ3n) is 8.88. The minimum atomic E-state index is -0.153. The van der Waals surface area contributed by atoms with Crippen molar-refractivity contribution in [3.63, 3.8) is 0 Å². The molecule has 0 fully saturated rings. The van der Waals surface area contributed by atoms with Gasteiger partial charge in [-0.2, -0.15) is 0 Å². The van der Waals surface area contributed by atoms with Crippen LogP contribution in [0.25, 0.3) is 20.2 Å². The summed E-state index contributed by atoms with van der Waals surface area (Å²) in [5.41, 5.74) is 9.75. The fourth-order valence-corrected chi connectivity index (χ4v) is 8.13. The minimum Gasteiger partial charge on any atom is -0.458 e. The van der Waals surface area contributed by atoms with Gasteiger partial charge >= 0.3 is 0 Å². The molecule has 0 atom stereocenters. The number of hydrogen-bond acceptors (Lipinski definition) is 2. The van der Waals surface area contributed by atoms with Crippen molar-refractivity contribution in [1.82, 2.24) is 0 Å². The average Bonchev–Trinajstić information content (AvgIpc) is 3.23. The Morgan fingerprint density at radius 1 is 0.737 bits per heavy atom. The molecule has 7 rings (SSSR count). The molecule has 0 saturated carbocycles. The smallest absolute Gasteiger partial charge is 0.252 e. The van der Waals surface area contributed by atoms with Crippen LogP contribution in [0.15, 0.2) is 66.7 Å². The zero-order chi connectivity index (χ0) is 26.8. The van der Waals surface area contributed by atoms with Crippen LogP contribution in [-0.4, -0.2) is 6.71 Å². The number of benzene rings is 4. The lowest BCUT2D eigenvalue weighted by Gasteiger charge is -2.45. The van der Waals surface area contributed by atoms with Crippen LogP contribution in [-0.2, 0) is 16.2 Å². The largest absolute Gasteiger partial charge is 0.458 e. The molecular weight excluding hydrogens is 479 g/mol. The molecule has 0 saturated heterocycles. The van der Waals surface area contributed by atoms with E-state index in [2.05, 4.69) is 122 Å². The Kier molecular flexibility index (Phi) is 4.77. The van der Waals surface area contributed by atoms with E-state index >= 15 is 0 Å². The highest BCUT2D eigenvalue weighted by molar-refractivity contribution is 7.26. The number of ether oxygens (including phenoxy) is 1. The van der Waals surface area contributed by atoms with Gasteiger partial charge in [0.15, 0.2) is 0 Å². The van der Waals surface area contributed by atoms with Gasteiger partial charge in [0, 0.05) is 14.8 Å². The highest BCUT2D eigenvalue weighted by Crippen LogP contribution is 2.46. The number of rotatable bonds is 0. The lowest BCUT2D eigenvalue weighted by atomic mass is 9.29. The highest BCUT2D eigenvalue weighted by Gasteiger charge is 2.48.